The van der Waals surface area contributed by atoms with E-state index in [2.05, 4.69) is 9.88 Å². The molecule has 1 amide bonds. The smallest absolute Gasteiger partial charge is 0.342 e. The zero-order chi connectivity index (χ0) is 20.9. The average Bonchev–Trinajstić information content (AvgIpc) is 3.32. The number of ether oxygens (including phenoxy) is 3. The lowest BCUT2D eigenvalue weighted by Gasteiger charge is -2.21. The fourth-order valence-corrected chi connectivity index (χ4v) is 3.60. The second kappa shape index (κ2) is 9.02. The summed E-state index contributed by atoms with van der Waals surface area (Å²) in [6.07, 6.45) is 3.82. The molecule has 1 aromatic heterocycles. The normalized spacial score (nSPS) is 15.0. The highest BCUT2D eigenvalue weighted by atomic mass is 16.6. The summed E-state index contributed by atoms with van der Waals surface area (Å²) < 4.78 is 16.4. The molecule has 0 atom stereocenters. The van der Waals surface area contributed by atoms with Crippen LogP contribution in [0.2, 0.25) is 0 Å². The molecule has 0 unspecified atom stereocenters. The van der Waals surface area contributed by atoms with Crippen LogP contribution in [0.1, 0.15) is 28.8 Å². The van der Waals surface area contributed by atoms with Crippen LogP contribution in [0.15, 0.2) is 36.5 Å². The maximum Gasteiger partial charge on any atom is 0.342 e. The highest BCUT2D eigenvalue weighted by molar-refractivity contribution is 5.96. The van der Waals surface area contributed by atoms with Gasteiger partial charge < -0.3 is 24.0 Å². The molecule has 158 valence electrons. The van der Waals surface area contributed by atoms with Crippen molar-refractivity contribution in [1.29, 1.82) is 0 Å². The van der Waals surface area contributed by atoms with Crippen molar-refractivity contribution in [2.75, 3.05) is 44.9 Å². The van der Waals surface area contributed by atoms with E-state index in [0.717, 1.165) is 31.5 Å². The number of aromatic nitrogens is 1. The van der Waals surface area contributed by atoms with Gasteiger partial charge in [-0.25, -0.2) is 9.78 Å². The molecular formula is C22H25N3O5. The molecule has 1 aromatic carbocycles. The highest BCUT2D eigenvalue weighted by Gasteiger charge is 2.22. The molecule has 2 aliphatic heterocycles. The Bertz CT molecular complexity index is 927. The quantitative estimate of drug-likeness (QED) is 0.675. The lowest BCUT2D eigenvalue weighted by Crippen LogP contribution is -2.31. The molecule has 0 bridgehead atoms. The molecule has 1 saturated heterocycles. The Hall–Kier alpha value is -3.29. The van der Waals surface area contributed by atoms with E-state index >= 15 is 0 Å². The molecular weight excluding hydrogens is 386 g/mol. The first-order valence-electron chi connectivity index (χ1n) is 10.1. The Morgan fingerprint density at radius 2 is 1.90 bits per heavy atom. The minimum absolute atomic E-state index is 0.287. The molecule has 4 rings (SSSR count). The molecule has 8 nitrogen and oxygen atoms in total. The number of hydrogen-bond donors (Lipinski definition) is 0. The summed E-state index contributed by atoms with van der Waals surface area (Å²) >= 11 is 0. The topological polar surface area (TPSA) is 81.2 Å². The van der Waals surface area contributed by atoms with Crippen LogP contribution in [0.3, 0.4) is 0 Å². The van der Waals surface area contributed by atoms with Gasteiger partial charge in [-0.2, -0.15) is 0 Å². The third-order valence-corrected chi connectivity index (χ3v) is 5.19. The van der Waals surface area contributed by atoms with Gasteiger partial charge in [0.05, 0.1) is 0 Å². The second-order valence-electron chi connectivity index (χ2n) is 7.37. The molecule has 0 saturated carbocycles. The Balaban J connectivity index is 1.34. The van der Waals surface area contributed by atoms with Gasteiger partial charge in [-0.15, -0.1) is 0 Å². The summed E-state index contributed by atoms with van der Waals surface area (Å²) in [5, 5.41) is 0. The van der Waals surface area contributed by atoms with Crippen LogP contribution < -0.4 is 14.4 Å². The van der Waals surface area contributed by atoms with Crippen molar-refractivity contribution in [1.82, 2.24) is 9.88 Å². The van der Waals surface area contributed by atoms with Crippen molar-refractivity contribution in [2.24, 2.45) is 0 Å². The summed E-state index contributed by atoms with van der Waals surface area (Å²) in [5.74, 6) is 1.18. The molecule has 1 fully saturated rings. The van der Waals surface area contributed by atoms with Crippen LogP contribution in [0, 0.1) is 0 Å². The van der Waals surface area contributed by atoms with E-state index < -0.39 is 5.97 Å². The Kier molecular flexibility index (Phi) is 6.02. The van der Waals surface area contributed by atoms with Crippen molar-refractivity contribution >= 4 is 17.7 Å². The summed E-state index contributed by atoms with van der Waals surface area (Å²) in [6, 6.07) is 8.98. The maximum atomic E-state index is 12.6. The zero-order valence-electron chi connectivity index (χ0n) is 17.0. The molecule has 2 aliphatic rings. The van der Waals surface area contributed by atoms with Crippen molar-refractivity contribution in [3.8, 4) is 11.5 Å². The molecule has 30 heavy (non-hydrogen) atoms. The van der Waals surface area contributed by atoms with E-state index in [1.165, 1.54) is 4.90 Å². The van der Waals surface area contributed by atoms with E-state index in [1.54, 1.807) is 25.4 Å². The summed E-state index contributed by atoms with van der Waals surface area (Å²) in [4.78, 5) is 33.0. The van der Waals surface area contributed by atoms with Gasteiger partial charge in [0, 0.05) is 32.9 Å². The van der Waals surface area contributed by atoms with Gasteiger partial charge in [0.1, 0.15) is 24.6 Å². The first-order valence-corrected chi connectivity index (χ1v) is 10.1. The van der Waals surface area contributed by atoms with Crippen LogP contribution in [0.25, 0.3) is 0 Å². The molecule has 0 radical (unpaired) electrons. The largest absolute Gasteiger partial charge is 0.486 e. The van der Waals surface area contributed by atoms with Crippen molar-refractivity contribution in [3.05, 3.63) is 47.7 Å². The first-order chi connectivity index (χ1) is 14.6. The minimum Gasteiger partial charge on any atom is -0.486 e. The highest BCUT2D eigenvalue weighted by Crippen LogP contribution is 2.31. The van der Waals surface area contributed by atoms with E-state index in [1.807, 2.05) is 18.2 Å². The van der Waals surface area contributed by atoms with Crippen LogP contribution in [0.4, 0.5) is 5.82 Å². The number of carbonyl (C=O) groups is 2. The van der Waals surface area contributed by atoms with Gasteiger partial charge in [0.2, 0.25) is 0 Å². The third-order valence-electron chi connectivity index (χ3n) is 5.19. The molecule has 2 aromatic rings. The van der Waals surface area contributed by atoms with E-state index in [-0.39, 0.29) is 12.5 Å². The number of amides is 1. The van der Waals surface area contributed by atoms with Crippen LogP contribution in [-0.2, 0) is 16.1 Å². The molecule has 0 spiro atoms. The first kappa shape index (κ1) is 20.0. The number of pyridine rings is 1. The number of benzene rings is 1. The molecule has 3 heterocycles. The second-order valence-corrected chi connectivity index (χ2v) is 7.37. The minimum atomic E-state index is -0.536. The van der Waals surface area contributed by atoms with Gasteiger partial charge in [-0.1, -0.05) is 6.07 Å². The van der Waals surface area contributed by atoms with Gasteiger partial charge >= 0.3 is 5.97 Å². The maximum absolute atomic E-state index is 12.6. The van der Waals surface area contributed by atoms with Gasteiger partial charge in [-0.05, 0) is 42.7 Å². The van der Waals surface area contributed by atoms with E-state index in [0.29, 0.717) is 42.6 Å². The Labute approximate surface area is 175 Å². The summed E-state index contributed by atoms with van der Waals surface area (Å²) in [5.41, 5.74) is 1.30. The molecule has 0 aliphatic carbocycles. The third kappa shape index (κ3) is 4.48. The molecule has 0 N–H and O–H groups in total. The predicted molar refractivity (Wildman–Crippen MR) is 110 cm³/mol. The summed E-state index contributed by atoms with van der Waals surface area (Å²) in [7, 11) is 1.67. The van der Waals surface area contributed by atoms with E-state index in [4.69, 9.17) is 14.2 Å². The van der Waals surface area contributed by atoms with Crippen LogP contribution in [0.5, 0.6) is 11.5 Å². The lowest BCUT2D eigenvalue weighted by molar-refractivity contribution is -0.133. The van der Waals surface area contributed by atoms with Crippen LogP contribution >= 0.6 is 0 Å². The number of rotatable bonds is 6. The number of hydrogen-bond acceptors (Lipinski definition) is 7. The predicted octanol–water partition coefficient (Wildman–Crippen LogP) is 2.27. The van der Waals surface area contributed by atoms with Crippen molar-refractivity contribution in [3.63, 3.8) is 0 Å². The van der Waals surface area contributed by atoms with E-state index in [9.17, 15) is 9.59 Å². The summed E-state index contributed by atoms with van der Waals surface area (Å²) in [6.45, 7) is 2.83. The molecule has 8 heteroatoms. The Morgan fingerprint density at radius 3 is 2.70 bits per heavy atom. The zero-order valence-corrected chi connectivity index (χ0v) is 17.0. The van der Waals surface area contributed by atoms with Gasteiger partial charge in [-0.3, -0.25) is 4.79 Å². The number of likely N-dealkylation sites (N-methyl/N-ethyl adjacent to an activating group) is 1. The standard InChI is InChI=1S/C22H25N3O5/c1-24(14-16-6-7-18-19(13-16)29-12-11-28-18)20(26)15-30-22(27)17-5-4-8-23-21(17)25-9-2-3-10-25/h4-8,13H,2-3,9-12,14-15H2,1H3. The van der Waals surface area contributed by atoms with Crippen molar-refractivity contribution in [2.45, 2.75) is 19.4 Å². The SMILES string of the molecule is CN(Cc1ccc2c(c1)OCCO2)C(=O)COC(=O)c1cccnc1N1CCCC1. The monoisotopic (exact) mass is 411 g/mol. The van der Waals surface area contributed by atoms with Crippen LogP contribution in [-0.4, -0.2) is 61.7 Å². The number of esters is 1. The van der Waals surface area contributed by atoms with Gasteiger partial charge in [0.25, 0.3) is 5.91 Å². The fourth-order valence-electron chi connectivity index (χ4n) is 3.60. The number of carbonyl (C=O) groups excluding carboxylic acids is 2. The lowest BCUT2D eigenvalue weighted by atomic mass is 10.2. The van der Waals surface area contributed by atoms with Crippen molar-refractivity contribution < 1.29 is 23.8 Å². The number of anilines is 1. The average molecular weight is 411 g/mol. The fraction of sp³-hybridized carbons (Fsp3) is 0.409. The Morgan fingerprint density at radius 1 is 1.13 bits per heavy atom. The van der Waals surface area contributed by atoms with Gasteiger partial charge in [0.15, 0.2) is 18.1 Å². The number of fused-ring (bicyclic) bond motifs is 1. The number of nitrogens with zero attached hydrogens (tertiary/aromatic N) is 3.